The lowest BCUT2D eigenvalue weighted by atomic mass is 9.83. The Bertz CT molecular complexity index is 1090. The van der Waals surface area contributed by atoms with Crippen LogP contribution in [-0.4, -0.2) is 81.9 Å². The van der Waals surface area contributed by atoms with Gasteiger partial charge in [0.1, 0.15) is 5.82 Å². The Labute approximate surface area is 224 Å². The van der Waals surface area contributed by atoms with Crippen LogP contribution in [0.15, 0.2) is 30.6 Å². The number of aromatic nitrogens is 2. The molecule has 3 atom stereocenters. The number of hydrogen-bond donors (Lipinski definition) is 2. The predicted octanol–water partition coefficient (Wildman–Crippen LogP) is 2.62. The van der Waals surface area contributed by atoms with Crippen molar-refractivity contribution in [3.05, 3.63) is 42.0 Å². The number of imidazole rings is 1. The standard InChI is InChI=1S/C28H41N5O5/c1-3-4-13-32(14-6-5-11-29)26(34)18-33-17-21(20-7-9-23-24(16-20)38-19-37-23)27(28(35)36)22(33)8-10-25-30-12-15-31(25)2/h7,9,12,15-16,21-22,27H,3-6,8,10-11,13-14,17-19,29H2,1-2H3,(H,35,36). The minimum atomic E-state index is -0.849. The third kappa shape index (κ3) is 6.47. The van der Waals surface area contributed by atoms with Gasteiger partial charge in [0, 0.05) is 57.5 Å². The number of unbranched alkanes of at least 4 members (excludes halogenated alkanes) is 2. The van der Waals surface area contributed by atoms with Gasteiger partial charge in [-0.1, -0.05) is 19.4 Å². The van der Waals surface area contributed by atoms with Gasteiger partial charge in [-0.25, -0.2) is 4.98 Å². The fourth-order valence-electron chi connectivity index (χ4n) is 5.68. The van der Waals surface area contributed by atoms with E-state index in [0.29, 0.717) is 50.5 Å². The van der Waals surface area contributed by atoms with Crippen LogP contribution in [0.2, 0.25) is 0 Å². The van der Waals surface area contributed by atoms with Gasteiger partial charge in [-0.3, -0.25) is 14.5 Å². The second-order valence-corrected chi connectivity index (χ2v) is 10.3. The van der Waals surface area contributed by atoms with Crippen LogP contribution in [0.25, 0.3) is 0 Å². The van der Waals surface area contributed by atoms with Crippen molar-refractivity contribution in [2.24, 2.45) is 18.7 Å². The van der Waals surface area contributed by atoms with Crippen LogP contribution in [0.5, 0.6) is 11.5 Å². The van der Waals surface area contributed by atoms with E-state index in [9.17, 15) is 14.7 Å². The van der Waals surface area contributed by atoms with Gasteiger partial charge < -0.3 is 29.8 Å². The third-order valence-corrected chi connectivity index (χ3v) is 7.80. The van der Waals surface area contributed by atoms with Gasteiger partial charge in [0.25, 0.3) is 0 Å². The second-order valence-electron chi connectivity index (χ2n) is 10.3. The van der Waals surface area contributed by atoms with Crippen LogP contribution < -0.4 is 15.2 Å². The van der Waals surface area contributed by atoms with Gasteiger partial charge in [0.2, 0.25) is 12.7 Å². The van der Waals surface area contributed by atoms with Crippen molar-refractivity contribution in [2.45, 2.75) is 57.4 Å². The molecule has 0 aliphatic carbocycles. The first kappa shape index (κ1) is 27.9. The number of nitrogens with two attached hydrogens (primary N) is 1. The summed E-state index contributed by atoms with van der Waals surface area (Å²) in [7, 11) is 1.94. The number of ether oxygens (including phenoxy) is 2. The SMILES string of the molecule is CCCCN(CCCCN)C(=O)CN1CC(c2ccc3c(c2)OCO3)C(C(=O)O)C1CCc1nccn1C. The summed E-state index contributed by atoms with van der Waals surface area (Å²) < 4.78 is 13.0. The predicted molar refractivity (Wildman–Crippen MR) is 143 cm³/mol. The number of carbonyl (C=O) groups is 2. The Morgan fingerprint density at radius 1 is 1.18 bits per heavy atom. The highest BCUT2D eigenvalue weighted by atomic mass is 16.7. The van der Waals surface area contributed by atoms with E-state index in [1.807, 2.05) is 40.9 Å². The molecule has 0 bridgehead atoms. The highest BCUT2D eigenvalue weighted by Gasteiger charge is 2.47. The second kappa shape index (κ2) is 13.1. The molecular formula is C28H41N5O5. The first-order valence-corrected chi connectivity index (χ1v) is 13.7. The average Bonchev–Trinajstić information content (AvgIpc) is 3.62. The lowest BCUT2D eigenvalue weighted by Gasteiger charge is -2.29. The summed E-state index contributed by atoms with van der Waals surface area (Å²) in [5.41, 5.74) is 6.58. The van der Waals surface area contributed by atoms with Gasteiger partial charge in [0.05, 0.1) is 12.5 Å². The molecule has 0 spiro atoms. The van der Waals surface area contributed by atoms with Crippen molar-refractivity contribution in [2.75, 3.05) is 39.5 Å². The minimum Gasteiger partial charge on any atom is -0.481 e. The molecular weight excluding hydrogens is 486 g/mol. The average molecular weight is 528 g/mol. The Kier molecular flexibility index (Phi) is 9.63. The van der Waals surface area contributed by atoms with Crippen LogP contribution in [0.4, 0.5) is 0 Å². The summed E-state index contributed by atoms with van der Waals surface area (Å²) in [6.07, 6.45) is 8.55. The van der Waals surface area contributed by atoms with Gasteiger partial charge in [-0.2, -0.15) is 0 Å². The van der Waals surface area contributed by atoms with E-state index in [1.165, 1.54) is 0 Å². The molecule has 0 radical (unpaired) electrons. The molecule has 1 fully saturated rings. The highest BCUT2D eigenvalue weighted by Crippen LogP contribution is 2.43. The number of carboxylic acid groups (broad SMARTS) is 1. The zero-order chi connectivity index (χ0) is 27.1. The first-order chi connectivity index (χ1) is 18.4. The molecule has 38 heavy (non-hydrogen) atoms. The molecule has 208 valence electrons. The molecule has 1 amide bonds. The van der Waals surface area contributed by atoms with Crippen molar-refractivity contribution in [3.63, 3.8) is 0 Å². The number of aryl methyl sites for hydroxylation is 2. The summed E-state index contributed by atoms with van der Waals surface area (Å²) in [6.45, 7) is 4.95. The number of carbonyl (C=O) groups excluding carboxylic acids is 1. The Hall–Kier alpha value is -3.11. The lowest BCUT2D eigenvalue weighted by molar-refractivity contribution is -0.143. The fraction of sp³-hybridized carbons (Fsp3) is 0.607. The number of likely N-dealkylation sites (tertiary alicyclic amines) is 1. The number of carboxylic acids is 1. The molecule has 1 aromatic carbocycles. The number of rotatable bonds is 14. The van der Waals surface area contributed by atoms with E-state index in [1.54, 1.807) is 6.20 Å². The summed E-state index contributed by atoms with van der Waals surface area (Å²) in [5.74, 6) is 0.467. The maximum atomic E-state index is 13.6. The van der Waals surface area contributed by atoms with E-state index in [-0.39, 0.29) is 31.2 Å². The molecule has 2 aliphatic rings. The number of hydrogen-bond acceptors (Lipinski definition) is 7. The molecule has 3 heterocycles. The van der Waals surface area contributed by atoms with E-state index in [2.05, 4.69) is 16.8 Å². The topological polar surface area (TPSA) is 123 Å². The van der Waals surface area contributed by atoms with Crippen LogP contribution in [0.3, 0.4) is 0 Å². The number of amides is 1. The maximum absolute atomic E-state index is 13.6. The third-order valence-electron chi connectivity index (χ3n) is 7.80. The minimum absolute atomic E-state index is 0.0490. The number of benzene rings is 1. The normalized spacial score (nSPS) is 20.7. The Balaban J connectivity index is 1.58. The molecule has 1 saturated heterocycles. The molecule has 0 saturated carbocycles. The molecule has 3 unspecified atom stereocenters. The number of fused-ring (bicyclic) bond motifs is 1. The van der Waals surface area contributed by atoms with Crippen molar-refractivity contribution in [1.29, 1.82) is 0 Å². The highest BCUT2D eigenvalue weighted by molar-refractivity contribution is 5.79. The summed E-state index contributed by atoms with van der Waals surface area (Å²) in [6, 6.07) is 5.36. The van der Waals surface area contributed by atoms with Gasteiger partial charge in [-0.05, 0) is 49.9 Å². The van der Waals surface area contributed by atoms with Gasteiger partial charge in [0.15, 0.2) is 11.5 Å². The van der Waals surface area contributed by atoms with Crippen molar-refractivity contribution >= 4 is 11.9 Å². The van der Waals surface area contributed by atoms with E-state index in [0.717, 1.165) is 37.1 Å². The largest absolute Gasteiger partial charge is 0.481 e. The van der Waals surface area contributed by atoms with E-state index in [4.69, 9.17) is 15.2 Å². The van der Waals surface area contributed by atoms with Crippen LogP contribution in [-0.2, 0) is 23.1 Å². The van der Waals surface area contributed by atoms with Crippen molar-refractivity contribution < 1.29 is 24.2 Å². The van der Waals surface area contributed by atoms with Crippen molar-refractivity contribution in [3.8, 4) is 11.5 Å². The number of aliphatic carboxylic acids is 1. The lowest BCUT2D eigenvalue weighted by Crippen LogP contribution is -2.45. The summed E-state index contributed by atoms with van der Waals surface area (Å²) in [5, 5.41) is 10.4. The Morgan fingerprint density at radius 2 is 1.97 bits per heavy atom. The number of nitrogens with zero attached hydrogens (tertiary/aromatic N) is 4. The molecule has 10 nitrogen and oxygen atoms in total. The molecule has 1 aromatic heterocycles. The molecule has 4 rings (SSSR count). The van der Waals surface area contributed by atoms with Crippen molar-refractivity contribution in [1.82, 2.24) is 19.4 Å². The van der Waals surface area contributed by atoms with Gasteiger partial charge in [-0.15, -0.1) is 0 Å². The maximum Gasteiger partial charge on any atom is 0.308 e. The molecule has 3 N–H and O–H groups in total. The van der Waals surface area contributed by atoms with Gasteiger partial charge >= 0.3 is 5.97 Å². The zero-order valence-electron chi connectivity index (χ0n) is 22.6. The van der Waals surface area contributed by atoms with E-state index < -0.39 is 11.9 Å². The Morgan fingerprint density at radius 3 is 2.68 bits per heavy atom. The first-order valence-electron chi connectivity index (χ1n) is 13.7. The van der Waals surface area contributed by atoms with Crippen LogP contribution >= 0.6 is 0 Å². The van der Waals surface area contributed by atoms with Crippen LogP contribution in [0, 0.1) is 5.92 Å². The van der Waals surface area contributed by atoms with E-state index >= 15 is 0 Å². The fourth-order valence-corrected chi connectivity index (χ4v) is 5.68. The summed E-state index contributed by atoms with van der Waals surface area (Å²) >= 11 is 0. The smallest absolute Gasteiger partial charge is 0.308 e. The molecule has 2 aromatic rings. The monoisotopic (exact) mass is 527 g/mol. The van der Waals surface area contributed by atoms with Crippen LogP contribution in [0.1, 0.15) is 56.3 Å². The molecule has 10 heteroatoms. The summed E-state index contributed by atoms with van der Waals surface area (Å²) in [4.78, 5) is 34.7. The zero-order valence-corrected chi connectivity index (χ0v) is 22.6. The quantitative estimate of drug-likeness (QED) is 0.360. The molecule has 2 aliphatic heterocycles.